The van der Waals surface area contributed by atoms with E-state index in [2.05, 4.69) is 4.98 Å². The third-order valence-electron chi connectivity index (χ3n) is 5.08. The second-order valence-corrected chi connectivity index (χ2v) is 6.75. The number of rotatable bonds is 5. The number of carbonyl (C=O) groups is 1. The lowest BCUT2D eigenvalue weighted by molar-refractivity contribution is -0.136. The Morgan fingerprint density at radius 3 is 2.64 bits per heavy atom. The van der Waals surface area contributed by atoms with Crippen LogP contribution in [0.3, 0.4) is 0 Å². The van der Waals surface area contributed by atoms with Gasteiger partial charge in [0.15, 0.2) is 0 Å². The van der Waals surface area contributed by atoms with Crippen molar-refractivity contribution < 1.29 is 22.7 Å². The molecule has 1 saturated carbocycles. The van der Waals surface area contributed by atoms with Crippen molar-refractivity contribution in [3.05, 3.63) is 35.5 Å². The zero-order valence-electron chi connectivity index (χ0n) is 13.8. The fourth-order valence-corrected chi connectivity index (χ4v) is 3.78. The van der Waals surface area contributed by atoms with Crippen molar-refractivity contribution in [1.29, 1.82) is 0 Å². The van der Waals surface area contributed by atoms with Crippen molar-refractivity contribution in [2.45, 2.75) is 38.3 Å². The van der Waals surface area contributed by atoms with Crippen molar-refractivity contribution in [2.75, 3.05) is 13.2 Å². The van der Waals surface area contributed by atoms with Gasteiger partial charge < -0.3 is 15.5 Å². The molecule has 0 spiro atoms. The number of aromatic nitrogens is 1. The lowest BCUT2D eigenvalue weighted by Crippen LogP contribution is -2.28. The Bertz CT molecular complexity index is 761. The number of H-pyrrole nitrogens is 1. The van der Waals surface area contributed by atoms with Gasteiger partial charge in [-0.2, -0.15) is 13.2 Å². The number of alkyl halides is 3. The minimum Gasteiger partial charge on any atom is -0.461 e. The molecule has 7 heteroatoms. The van der Waals surface area contributed by atoms with Crippen LogP contribution in [0.2, 0.25) is 0 Å². The summed E-state index contributed by atoms with van der Waals surface area (Å²) in [6.07, 6.45) is 1.47. The molecular weight excluding hydrogens is 333 g/mol. The van der Waals surface area contributed by atoms with Gasteiger partial charge in [0.25, 0.3) is 0 Å². The Morgan fingerprint density at radius 2 is 2.00 bits per heavy atom. The summed E-state index contributed by atoms with van der Waals surface area (Å²) in [6, 6.07) is 3.79. The lowest BCUT2D eigenvalue weighted by atomic mass is 9.83. The number of esters is 1. The molecule has 3 rings (SSSR count). The van der Waals surface area contributed by atoms with Crippen molar-refractivity contribution in [2.24, 2.45) is 11.1 Å². The molecule has 3 N–H and O–H groups in total. The van der Waals surface area contributed by atoms with Crippen molar-refractivity contribution >= 4 is 16.9 Å². The standard InChI is InChI=1S/C18H21F3N2O2/c19-18(20,21)13-4-3-5-14-15(13)12(10-23-14)16(24)25-11-17(8-9-22)6-1-2-7-17/h3-5,10,23H,1-2,6-9,11,22H2. The van der Waals surface area contributed by atoms with Gasteiger partial charge in [-0.25, -0.2) is 4.79 Å². The monoisotopic (exact) mass is 354 g/mol. The van der Waals surface area contributed by atoms with Crippen LogP contribution >= 0.6 is 0 Å². The molecule has 0 unspecified atom stereocenters. The Labute approximate surface area is 143 Å². The third-order valence-corrected chi connectivity index (χ3v) is 5.08. The maximum absolute atomic E-state index is 13.3. The van der Waals surface area contributed by atoms with E-state index in [-0.39, 0.29) is 28.5 Å². The quantitative estimate of drug-likeness (QED) is 0.789. The second kappa shape index (κ2) is 6.71. The second-order valence-electron chi connectivity index (χ2n) is 6.75. The van der Waals surface area contributed by atoms with E-state index in [1.807, 2.05) is 0 Å². The molecule has 0 atom stereocenters. The molecule has 2 aromatic rings. The first-order chi connectivity index (χ1) is 11.9. The molecule has 1 aromatic carbocycles. The van der Waals surface area contributed by atoms with Crippen LogP contribution in [0, 0.1) is 5.41 Å². The molecule has 136 valence electrons. The minimum atomic E-state index is -4.54. The largest absolute Gasteiger partial charge is 0.461 e. The summed E-state index contributed by atoms with van der Waals surface area (Å²) in [5.41, 5.74) is 4.88. The van der Waals surface area contributed by atoms with Gasteiger partial charge in [0.2, 0.25) is 0 Å². The lowest BCUT2D eigenvalue weighted by Gasteiger charge is -2.27. The number of halogens is 3. The van der Waals surface area contributed by atoms with Crippen molar-refractivity contribution in [3.63, 3.8) is 0 Å². The van der Waals surface area contributed by atoms with Gasteiger partial charge in [-0.05, 0) is 37.9 Å². The van der Waals surface area contributed by atoms with Crippen LogP contribution < -0.4 is 5.73 Å². The molecule has 1 heterocycles. The zero-order chi connectivity index (χ0) is 18.1. The number of nitrogens with two attached hydrogens (primary N) is 1. The first-order valence-corrected chi connectivity index (χ1v) is 8.41. The molecule has 0 aliphatic heterocycles. The van der Waals surface area contributed by atoms with Gasteiger partial charge in [0.1, 0.15) is 0 Å². The highest BCUT2D eigenvalue weighted by Crippen LogP contribution is 2.41. The molecule has 1 aliphatic rings. The van der Waals surface area contributed by atoms with Gasteiger partial charge in [0, 0.05) is 22.5 Å². The predicted molar refractivity (Wildman–Crippen MR) is 88.2 cm³/mol. The number of carbonyl (C=O) groups excluding carboxylic acids is 1. The van der Waals surface area contributed by atoms with E-state index in [0.29, 0.717) is 6.54 Å². The van der Waals surface area contributed by atoms with Gasteiger partial charge in [-0.3, -0.25) is 0 Å². The van der Waals surface area contributed by atoms with E-state index in [1.54, 1.807) is 0 Å². The summed E-state index contributed by atoms with van der Waals surface area (Å²) in [4.78, 5) is 15.2. The average Bonchev–Trinajstić information content (AvgIpc) is 3.19. The van der Waals surface area contributed by atoms with Crippen molar-refractivity contribution in [1.82, 2.24) is 4.98 Å². The Morgan fingerprint density at radius 1 is 1.28 bits per heavy atom. The fraction of sp³-hybridized carbons (Fsp3) is 0.500. The Balaban J connectivity index is 1.85. The maximum atomic E-state index is 13.3. The predicted octanol–water partition coefficient (Wildman–Crippen LogP) is 4.25. The van der Waals surface area contributed by atoms with Crippen LogP contribution in [-0.2, 0) is 10.9 Å². The van der Waals surface area contributed by atoms with Crippen molar-refractivity contribution in [3.8, 4) is 0 Å². The van der Waals surface area contributed by atoms with Gasteiger partial charge >= 0.3 is 12.1 Å². The Kier molecular flexibility index (Phi) is 4.77. The molecule has 1 aromatic heterocycles. The molecular formula is C18H21F3N2O2. The molecule has 1 fully saturated rings. The minimum absolute atomic E-state index is 0.0798. The average molecular weight is 354 g/mol. The summed E-state index contributed by atoms with van der Waals surface area (Å²) in [5, 5.41) is -0.140. The number of aromatic amines is 1. The smallest absolute Gasteiger partial charge is 0.417 e. The van der Waals surface area contributed by atoms with Crippen LogP contribution in [0.15, 0.2) is 24.4 Å². The van der Waals surface area contributed by atoms with E-state index in [4.69, 9.17) is 10.5 Å². The molecule has 4 nitrogen and oxygen atoms in total. The third kappa shape index (κ3) is 3.51. The first kappa shape index (κ1) is 17.8. The zero-order valence-corrected chi connectivity index (χ0v) is 13.8. The normalized spacial score (nSPS) is 17.1. The molecule has 0 amide bonds. The van der Waals surface area contributed by atoms with Gasteiger partial charge in [0.05, 0.1) is 17.7 Å². The fourth-order valence-electron chi connectivity index (χ4n) is 3.78. The molecule has 0 radical (unpaired) electrons. The summed E-state index contributed by atoms with van der Waals surface area (Å²) >= 11 is 0. The number of benzene rings is 1. The van der Waals surface area contributed by atoms with Crippen LogP contribution in [0.4, 0.5) is 13.2 Å². The van der Waals surface area contributed by atoms with Crippen LogP contribution in [0.1, 0.15) is 48.0 Å². The molecule has 0 bridgehead atoms. The van der Waals surface area contributed by atoms with Crippen LogP contribution in [-0.4, -0.2) is 24.1 Å². The van der Waals surface area contributed by atoms with E-state index in [0.717, 1.165) is 38.2 Å². The SMILES string of the molecule is NCCC1(COC(=O)c2c[nH]c3cccc(C(F)(F)F)c23)CCCC1. The first-order valence-electron chi connectivity index (χ1n) is 8.41. The Hall–Kier alpha value is -2.02. The number of hydrogen-bond acceptors (Lipinski definition) is 3. The maximum Gasteiger partial charge on any atom is 0.417 e. The number of nitrogens with one attached hydrogen (secondary N) is 1. The summed E-state index contributed by atoms with van der Waals surface area (Å²) in [5.74, 6) is -0.730. The van der Waals surface area contributed by atoms with E-state index >= 15 is 0 Å². The molecule has 0 saturated heterocycles. The highest BCUT2D eigenvalue weighted by Gasteiger charge is 2.37. The van der Waals surface area contributed by atoms with Crippen LogP contribution in [0.25, 0.3) is 10.9 Å². The van der Waals surface area contributed by atoms with Gasteiger partial charge in [-0.15, -0.1) is 0 Å². The highest BCUT2D eigenvalue weighted by atomic mass is 19.4. The summed E-state index contributed by atoms with van der Waals surface area (Å²) < 4.78 is 45.2. The topological polar surface area (TPSA) is 68.1 Å². The number of hydrogen-bond donors (Lipinski definition) is 2. The summed E-state index contributed by atoms with van der Waals surface area (Å²) in [7, 11) is 0. The van der Waals surface area contributed by atoms with E-state index < -0.39 is 17.7 Å². The number of fused-ring (bicyclic) bond motifs is 1. The summed E-state index contributed by atoms with van der Waals surface area (Å²) in [6.45, 7) is 0.701. The van der Waals surface area contributed by atoms with E-state index in [9.17, 15) is 18.0 Å². The number of ether oxygens (including phenoxy) is 1. The molecule has 1 aliphatic carbocycles. The molecule has 25 heavy (non-hydrogen) atoms. The van der Waals surface area contributed by atoms with E-state index in [1.165, 1.54) is 18.3 Å². The van der Waals surface area contributed by atoms with Gasteiger partial charge in [-0.1, -0.05) is 18.9 Å². The highest BCUT2D eigenvalue weighted by molar-refractivity contribution is 6.05. The van der Waals surface area contributed by atoms with Crippen LogP contribution in [0.5, 0.6) is 0 Å².